The maximum atomic E-state index is 4.85. The Bertz CT molecular complexity index is 1050. The molecule has 0 spiro atoms. The summed E-state index contributed by atoms with van der Waals surface area (Å²) in [6.45, 7) is 6.24. The highest BCUT2D eigenvalue weighted by atomic mass is 15.3. The highest BCUT2D eigenvalue weighted by molar-refractivity contribution is 5.81. The quantitative estimate of drug-likeness (QED) is 0.546. The van der Waals surface area contributed by atoms with Crippen LogP contribution in [0.2, 0.25) is 0 Å². The minimum atomic E-state index is 0.858. The summed E-state index contributed by atoms with van der Waals surface area (Å²) in [5.41, 5.74) is 7.46. The van der Waals surface area contributed by atoms with Gasteiger partial charge in [-0.1, -0.05) is 55.0 Å². The Kier molecular flexibility index (Phi) is 4.17. The molecule has 26 heavy (non-hydrogen) atoms. The SMILES string of the molecule is CCc1nn2c(Nc3ccc(C)cc3)cc(C)nc2c1-c1ccccc1. The predicted octanol–water partition coefficient (Wildman–Crippen LogP) is 5.32. The molecule has 0 saturated heterocycles. The first-order chi connectivity index (χ1) is 12.7. The molecule has 2 aromatic carbocycles. The monoisotopic (exact) mass is 342 g/mol. The van der Waals surface area contributed by atoms with Crippen molar-refractivity contribution < 1.29 is 0 Å². The van der Waals surface area contributed by atoms with Gasteiger partial charge in [-0.05, 0) is 38.0 Å². The smallest absolute Gasteiger partial charge is 0.165 e. The van der Waals surface area contributed by atoms with Crippen LogP contribution in [-0.2, 0) is 6.42 Å². The van der Waals surface area contributed by atoms with E-state index in [1.807, 2.05) is 23.6 Å². The molecule has 0 fully saturated rings. The van der Waals surface area contributed by atoms with Gasteiger partial charge in [0.15, 0.2) is 5.65 Å². The van der Waals surface area contributed by atoms with Gasteiger partial charge in [0.2, 0.25) is 0 Å². The number of aromatic nitrogens is 3. The van der Waals surface area contributed by atoms with E-state index in [4.69, 9.17) is 10.1 Å². The van der Waals surface area contributed by atoms with Crippen molar-refractivity contribution in [1.82, 2.24) is 14.6 Å². The summed E-state index contributed by atoms with van der Waals surface area (Å²) >= 11 is 0. The summed E-state index contributed by atoms with van der Waals surface area (Å²) in [5.74, 6) is 0.924. The first-order valence-corrected chi connectivity index (χ1v) is 8.94. The molecule has 0 atom stereocenters. The number of nitrogens with one attached hydrogen (secondary N) is 1. The fourth-order valence-electron chi connectivity index (χ4n) is 3.20. The number of aryl methyl sites for hydroxylation is 3. The minimum Gasteiger partial charge on any atom is -0.340 e. The fraction of sp³-hybridized carbons (Fsp3) is 0.182. The molecule has 2 heterocycles. The Morgan fingerprint density at radius 3 is 2.38 bits per heavy atom. The first-order valence-electron chi connectivity index (χ1n) is 8.94. The summed E-state index contributed by atoms with van der Waals surface area (Å²) in [6, 6.07) is 20.8. The number of benzene rings is 2. The molecule has 0 unspecified atom stereocenters. The lowest BCUT2D eigenvalue weighted by Crippen LogP contribution is -2.02. The Balaban J connectivity index is 1.90. The maximum absolute atomic E-state index is 4.85. The summed E-state index contributed by atoms with van der Waals surface area (Å²) in [7, 11) is 0. The number of fused-ring (bicyclic) bond motifs is 1. The van der Waals surface area contributed by atoms with Crippen LogP contribution < -0.4 is 5.32 Å². The maximum Gasteiger partial charge on any atom is 0.165 e. The van der Waals surface area contributed by atoms with E-state index in [0.29, 0.717) is 0 Å². The van der Waals surface area contributed by atoms with Crippen LogP contribution >= 0.6 is 0 Å². The molecule has 1 N–H and O–H groups in total. The summed E-state index contributed by atoms with van der Waals surface area (Å²) < 4.78 is 1.92. The van der Waals surface area contributed by atoms with Crippen molar-refractivity contribution in [3.05, 3.63) is 77.6 Å². The van der Waals surface area contributed by atoms with Crippen LogP contribution in [-0.4, -0.2) is 14.6 Å². The van der Waals surface area contributed by atoms with E-state index in [9.17, 15) is 0 Å². The highest BCUT2D eigenvalue weighted by Gasteiger charge is 2.17. The zero-order chi connectivity index (χ0) is 18.1. The molecule has 4 nitrogen and oxygen atoms in total. The second kappa shape index (κ2) is 6.64. The molecular formula is C22H22N4. The van der Waals surface area contributed by atoms with E-state index < -0.39 is 0 Å². The van der Waals surface area contributed by atoms with Crippen molar-refractivity contribution in [1.29, 1.82) is 0 Å². The number of anilines is 2. The van der Waals surface area contributed by atoms with Crippen LogP contribution in [0.15, 0.2) is 60.7 Å². The fourth-order valence-corrected chi connectivity index (χ4v) is 3.20. The van der Waals surface area contributed by atoms with Crippen molar-refractivity contribution in [2.24, 2.45) is 0 Å². The summed E-state index contributed by atoms with van der Waals surface area (Å²) in [4.78, 5) is 4.80. The molecule has 4 heteroatoms. The van der Waals surface area contributed by atoms with Gasteiger partial charge in [0, 0.05) is 23.0 Å². The predicted molar refractivity (Wildman–Crippen MR) is 107 cm³/mol. The normalized spacial score (nSPS) is 11.0. The molecule has 4 rings (SSSR count). The van der Waals surface area contributed by atoms with Gasteiger partial charge in [-0.25, -0.2) is 4.98 Å². The van der Waals surface area contributed by atoms with E-state index in [2.05, 4.69) is 67.7 Å². The van der Waals surface area contributed by atoms with Crippen molar-refractivity contribution in [3.63, 3.8) is 0 Å². The van der Waals surface area contributed by atoms with Crippen LogP contribution in [0.4, 0.5) is 11.5 Å². The van der Waals surface area contributed by atoms with Gasteiger partial charge in [-0.3, -0.25) is 0 Å². The molecule has 0 bridgehead atoms. The van der Waals surface area contributed by atoms with Gasteiger partial charge < -0.3 is 5.32 Å². The van der Waals surface area contributed by atoms with E-state index >= 15 is 0 Å². The van der Waals surface area contributed by atoms with Crippen LogP contribution in [0.1, 0.15) is 23.9 Å². The molecule has 2 aromatic heterocycles. The van der Waals surface area contributed by atoms with Gasteiger partial charge in [-0.15, -0.1) is 0 Å². The highest BCUT2D eigenvalue weighted by Crippen LogP contribution is 2.30. The van der Waals surface area contributed by atoms with E-state index in [0.717, 1.165) is 46.1 Å². The molecule has 0 aliphatic carbocycles. The first kappa shape index (κ1) is 16.3. The molecule has 0 aliphatic heterocycles. The Labute approximate surface area is 153 Å². The van der Waals surface area contributed by atoms with E-state index in [1.165, 1.54) is 5.56 Å². The Hall–Kier alpha value is -3.14. The van der Waals surface area contributed by atoms with Gasteiger partial charge in [-0.2, -0.15) is 9.61 Å². The standard InChI is InChI=1S/C22H22N4/c1-4-19-21(17-8-6-5-7-9-17)22-23-16(3)14-20(26(22)25-19)24-18-12-10-15(2)11-13-18/h5-14,24H,4H2,1-3H3. The van der Waals surface area contributed by atoms with Crippen molar-refractivity contribution in [3.8, 4) is 11.1 Å². The molecule has 4 aromatic rings. The Morgan fingerprint density at radius 2 is 1.69 bits per heavy atom. The zero-order valence-corrected chi connectivity index (χ0v) is 15.3. The lowest BCUT2D eigenvalue weighted by atomic mass is 10.0. The number of nitrogens with zero attached hydrogens (tertiary/aromatic N) is 3. The van der Waals surface area contributed by atoms with Gasteiger partial charge in [0.25, 0.3) is 0 Å². The number of rotatable bonds is 4. The van der Waals surface area contributed by atoms with Crippen LogP contribution in [0.25, 0.3) is 16.8 Å². The molecule has 0 saturated carbocycles. The van der Waals surface area contributed by atoms with Gasteiger partial charge in [0.05, 0.1) is 5.69 Å². The zero-order valence-electron chi connectivity index (χ0n) is 15.3. The summed E-state index contributed by atoms with van der Waals surface area (Å²) in [6.07, 6.45) is 0.858. The molecule has 0 radical (unpaired) electrons. The second-order valence-corrected chi connectivity index (χ2v) is 6.55. The number of hydrogen-bond acceptors (Lipinski definition) is 3. The van der Waals surface area contributed by atoms with Gasteiger partial charge in [0.1, 0.15) is 5.82 Å². The van der Waals surface area contributed by atoms with E-state index in [1.54, 1.807) is 0 Å². The third kappa shape index (κ3) is 2.94. The third-order valence-corrected chi connectivity index (χ3v) is 4.51. The summed E-state index contributed by atoms with van der Waals surface area (Å²) in [5, 5.41) is 8.35. The topological polar surface area (TPSA) is 42.2 Å². The second-order valence-electron chi connectivity index (χ2n) is 6.55. The molecule has 0 amide bonds. The lowest BCUT2D eigenvalue weighted by molar-refractivity contribution is 0.889. The minimum absolute atomic E-state index is 0.858. The van der Waals surface area contributed by atoms with Crippen LogP contribution in [0.3, 0.4) is 0 Å². The molecule has 130 valence electrons. The largest absolute Gasteiger partial charge is 0.340 e. The van der Waals surface area contributed by atoms with Crippen LogP contribution in [0, 0.1) is 13.8 Å². The van der Waals surface area contributed by atoms with Crippen molar-refractivity contribution >= 4 is 17.2 Å². The average Bonchev–Trinajstić information content (AvgIpc) is 3.03. The van der Waals surface area contributed by atoms with Gasteiger partial charge >= 0.3 is 0 Å². The van der Waals surface area contributed by atoms with E-state index in [-0.39, 0.29) is 0 Å². The van der Waals surface area contributed by atoms with Crippen LogP contribution in [0.5, 0.6) is 0 Å². The van der Waals surface area contributed by atoms with Crippen molar-refractivity contribution in [2.75, 3.05) is 5.32 Å². The average molecular weight is 342 g/mol. The molecular weight excluding hydrogens is 320 g/mol. The lowest BCUT2D eigenvalue weighted by Gasteiger charge is -2.10. The Morgan fingerprint density at radius 1 is 0.962 bits per heavy atom. The number of hydrogen-bond donors (Lipinski definition) is 1. The third-order valence-electron chi connectivity index (χ3n) is 4.51. The molecule has 0 aliphatic rings. The van der Waals surface area contributed by atoms with Crippen molar-refractivity contribution in [2.45, 2.75) is 27.2 Å².